The molecule has 6 rings (SSSR count). The molecule has 0 aromatic carbocycles. The third-order valence-electron chi connectivity index (χ3n) is 11.5. The van der Waals surface area contributed by atoms with Crippen LogP contribution in [-0.4, -0.2) is 66.4 Å². The molecule has 9 atom stereocenters. The Hall–Kier alpha value is -3.24. The minimum absolute atomic E-state index is 0.0493. The lowest BCUT2D eigenvalue weighted by Crippen LogP contribution is -2.66. The highest BCUT2D eigenvalue weighted by molar-refractivity contribution is 6.21. The molecule has 2 aromatic rings. The number of aromatic hydroxyl groups is 1. The quantitative estimate of drug-likeness (QED) is 0.323. The summed E-state index contributed by atoms with van der Waals surface area (Å²) in [6, 6.07) is 1.61. The maximum Gasteiger partial charge on any atom is 0.306 e. The molecule has 0 aliphatic heterocycles. The molecule has 0 spiro atoms. The number of aliphatic hydroxyl groups is 1. The fraction of sp³-hybridized carbons (Fsp3) is 0.618. The summed E-state index contributed by atoms with van der Waals surface area (Å²) in [7, 11) is 0. The predicted octanol–water partition coefficient (Wildman–Crippen LogP) is 4.80. The minimum atomic E-state index is -1.56. The van der Waals surface area contributed by atoms with E-state index in [1.54, 1.807) is 30.8 Å². The van der Waals surface area contributed by atoms with Crippen LogP contribution in [0.3, 0.4) is 0 Å². The van der Waals surface area contributed by atoms with Gasteiger partial charge >= 0.3 is 11.9 Å². The fourth-order valence-corrected chi connectivity index (χ4v) is 10.1. The zero-order chi connectivity index (χ0) is 32.5. The Morgan fingerprint density at radius 1 is 1.13 bits per heavy atom. The van der Waals surface area contributed by atoms with Crippen molar-refractivity contribution >= 4 is 35.4 Å². The van der Waals surface area contributed by atoms with E-state index in [0.29, 0.717) is 24.9 Å². The van der Waals surface area contributed by atoms with Gasteiger partial charge in [-0.2, -0.15) is 5.10 Å². The Bertz CT molecular complexity index is 1570. The van der Waals surface area contributed by atoms with Gasteiger partial charge in [-0.05, 0) is 60.5 Å². The van der Waals surface area contributed by atoms with E-state index in [0.717, 1.165) is 16.8 Å². The minimum Gasteiger partial charge on any atom is -0.506 e. The van der Waals surface area contributed by atoms with E-state index in [9.17, 15) is 24.6 Å². The Kier molecular flexibility index (Phi) is 7.92. The van der Waals surface area contributed by atoms with Crippen LogP contribution in [0.25, 0.3) is 11.8 Å². The fourth-order valence-electron chi connectivity index (χ4n) is 9.63. The second-order valence-corrected chi connectivity index (χ2v) is 14.4. The van der Waals surface area contributed by atoms with E-state index in [4.69, 9.17) is 21.1 Å². The topological polar surface area (TPSA) is 141 Å². The van der Waals surface area contributed by atoms with Gasteiger partial charge in [-0.3, -0.25) is 19.4 Å². The van der Waals surface area contributed by atoms with Crippen LogP contribution in [-0.2, 0) is 30.3 Å². The number of esters is 2. The van der Waals surface area contributed by atoms with Gasteiger partial charge < -0.3 is 19.7 Å². The summed E-state index contributed by atoms with van der Waals surface area (Å²) in [6.45, 7) is 8.92. The van der Waals surface area contributed by atoms with Crippen molar-refractivity contribution in [3.8, 4) is 11.4 Å². The summed E-state index contributed by atoms with van der Waals surface area (Å²) in [5.41, 5.74) is 0.791. The lowest BCUT2D eigenvalue weighted by molar-refractivity contribution is -0.207. The number of hydrogen-bond acceptors (Lipinski definition) is 9. The monoisotopic (exact) mass is 639 g/mol. The first-order chi connectivity index (χ1) is 21.3. The summed E-state index contributed by atoms with van der Waals surface area (Å²) < 4.78 is 13.2. The second kappa shape index (κ2) is 11.2. The maximum atomic E-state index is 14.1. The Balaban J connectivity index is 1.39. The number of alkyl halides is 1. The van der Waals surface area contributed by atoms with E-state index in [2.05, 4.69) is 23.1 Å². The Labute approximate surface area is 268 Å². The number of fused-ring (bicyclic) bond motifs is 6. The first-order valence-electron chi connectivity index (χ1n) is 16.0. The van der Waals surface area contributed by atoms with Crippen LogP contribution < -0.4 is 0 Å². The summed E-state index contributed by atoms with van der Waals surface area (Å²) in [5.74, 6) is -2.27. The average molecular weight is 640 g/mol. The van der Waals surface area contributed by atoms with Gasteiger partial charge in [-0.1, -0.05) is 40.2 Å². The van der Waals surface area contributed by atoms with E-state index >= 15 is 0 Å². The molecule has 3 saturated carbocycles. The summed E-state index contributed by atoms with van der Waals surface area (Å²) in [6.07, 6.45) is 8.40. The number of ether oxygens (including phenoxy) is 2. The van der Waals surface area contributed by atoms with Crippen molar-refractivity contribution in [2.75, 3.05) is 6.61 Å². The molecule has 0 bridgehead atoms. The van der Waals surface area contributed by atoms with Crippen LogP contribution in [0.2, 0.25) is 0 Å². The number of nitrogens with zero attached hydrogens (tertiary/aromatic N) is 3. The van der Waals surface area contributed by atoms with E-state index < -0.39 is 46.9 Å². The standard InChI is InChI=1S/C34H42ClN3O7/c1-6-28(42)44-17-27(41)34(45-29(43)7-2)18(3)8-23-30-24(35)9-20-10-25-19(14-37-38(25)21-11-22(39)16-36-15-21)12-32(20,4)31(30)26(40)13-33(23,34)5/h10-11,14-16,18,23-24,26,30-31,39-40H,6-9,12-13,17H2,1-5H3/t18-,23+,24-,26+,30-,31+,32+,33+,34-/m1/s1. The van der Waals surface area contributed by atoms with Crippen LogP contribution in [0.4, 0.5) is 0 Å². The molecule has 242 valence electrons. The number of Topliss-reactive ketones (excluding diaryl/α,β-unsaturated/α-hetero) is 1. The molecule has 45 heavy (non-hydrogen) atoms. The van der Waals surface area contributed by atoms with E-state index in [1.807, 2.05) is 20.0 Å². The Morgan fingerprint density at radius 3 is 2.56 bits per heavy atom. The normalized spacial score (nSPS) is 36.6. The molecular formula is C34H42ClN3O7. The molecule has 4 aliphatic rings. The van der Waals surface area contributed by atoms with Gasteiger partial charge in [0.1, 0.15) is 5.75 Å². The molecule has 0 radical (unpaired) electrons. The number of aromatic nitrogens is 3. The first kappa shape index (κ1) is 31.7. The van der Waals surface area contributed by atoms with Crippen LogP contribution in [0.15, 0.2) is 30.2 Å². The molecule has 2 N–H and O–H groups in total. The smallest absolute Gasteiger partial charge is 0.306 e. The molecule has 2 aromatic heterocycles. The van der Waals surface area contributed by atoms with Crippen molar-refractivity contribution in [1.82, 2.24) is 14.8 Å². The molecule has 10 nitrogen and oxygen atoms in total. The molecular weight excluding hydrogens is 598 g/mol. The average Bonchev–Trinajstić information content (AvgIpc) is 3.49. The van der Waals surface area contributed by atoms with Gasteiger partial charge in [0, 0.05) is 35.6 Å². The molecule has 0 saturated heterocycles. The van der Waals surface area contributed by atoms with Crippen molar-refractivity contribution in [1.29, 1.82) is 0 Å². The van der Waals surface area contributed by atoms with Gasteiger partial charge in [-0.25, -0.2) is 4.68 Å². The van der Waals surface area contributed by atoms with Crippen LogP contribution in [0, 0.1) is 34.5 Å². The number of allylic oxidation sites excluding steroid dienone is 1. The Morgan fingerprint density at radius 2 is 1.87 bits per heavy atom. The number of aliphatic hydroxyl groups excluding tert-OH is 1. The summed E-state index contributed by atoms with van der Waals surface area (Å²) >= 11 is 7.34. The van der Waals surface area contributed by atoms with Crippen molar-refractivity contribution in [3.63, 3.8) is 0 Å². The predicted molar refractivity (Wildman–Crippen MR) is 165 cm³/mol. The largest absolute Gasteiger partial charge is 0.506 e. The van der Waals surface area contributed by atoms with Gasteiger partial charge in [0.2, 0.25) is 5.78 Å². The van der Waals surface area contributed by atoms with Crippen LogP contribution in [0.1, 0.15) is 78.0 Å². The lowest BCUT2D eigenvalue weighted by Gasteiger charge is -2.61. The number of rotatable bonds is 7. The van der Waals surface area contributed by atoms with Crippen molar-refractivity contribution in [3.05, 3.63) is 41.5 Å². The van der Waals surface area contributed by atoms with Gasteiger partial charge in [0.25, 0.3) is 0 Å². The first-order valence-corrected chi connectivity index (χ1v) is 16.4. The van der Waals surface area contributed by atoms with E-state index in [-0.39, 0.29) is 54.1 Å². The molecule has 2 heterocycles. The molecule has 0 amide bonds. The number of carbonyl (C=O) groups excluding carboxylic acids is 3. The lowest BCUT2D eigenvalue weighted by atomic mass is 9.45. The highest BCUT2D eigenvalue weighted by Gasteiger charge is 2.74. The number of hydrogen-bond donors (Lipinski definition) is 2. The second-order valence-electron chi connectivity index (χ2n) is 13.9. The SMILES string of the molecule is CCC(=O)OCC(=O)[C@]1(OC(=O)CC)[C@H](C)C[C@H]2[C@H]3[C@H]([C@@H](O)C[C@@]21C)[C@@]1(C)Cc2cnn(-c4cncc(O)c4)c2C=C1C[C@H]3Cl. The highest BCUT2D eigenvalue weighted by Crippen LogP contribution is 2.70. The van der Waals surface area contributed by atoms with Crippen molar-refractivity contribution in [2.24, 2.45) is 34.5 Å². The van der Waals surface area contributed by atoms with Crippen molar-refractivity contribution < 1.29 is 34.1 Å². The summed E-state index contributed by atoms with van der Waals surface area (Å²) in [4.78, 5) is 43.2. The molecule has 0 unspecified atom stereocenters. The van der Waals surface area contributed by atoms with Gasteiger partial charge in [0.05, 0.1) is 36.1 Å². The van der Waals surface area contributed by atoms with Crippen LogP contribution in [0.5, 0.6) is 5.75 Å². The van der Waals surface area contributed by atoms with E-state index in [1.165, 1.54) is 6.20 Å². The molecule has 4 aliphatic carbocycles. The molecule has 3 fully saturated rings. The number of ketones is 1. The number of halogens is 1. The number of pyridine rings is 1. The molecule has 11 heteroatoms. The third-order valence-corrected chi connectivity index (χ3v) is 12.0. The number of carbonyl (C=O) groups is 3. The summed E-state index contributed by atoms with van der Waals surface area (Å²) in [5, 5.41) is 26.5. The van der Waals surface area contributed by atoms with Gasteiger partial charge in [0.15, 0.2) is 12.2 Å². The van der Waals surface area contributed by atoms with Gasteiger partial charge in [-0.15, -0.1) is 11.6 Å². The third kappa shape index (κ3) is 4.65. The highest BCUT2D eigenvalue weighted by atomic mass is 35.5. The zero-order valence-electron chi connectivity index (χ0n) is 26.5. The van der Waals surface area contributed by atoms with Crippen molar-refractivity contribution in [2.45, 2.75) is 90.2 Å². The van der Waals surface area contributed by atoms with Crippen LogP contribution >= 0.6 is 11.6 Å². The zero-order valence-corrected chi connectivity index (χ0v) is 27.2. The maximum absolute atomic E-state index is 14.1.